The molecule has 0 unspecified atom stereocenters. The first-order chi connectivity index (χ1) is 8.96. The summed E-state index contributed by atoms with van der Waals surface area (Å²) in [6, 6.07) is -0.136. The van der Waals surface area contributed by atoms with Crippen molar-refractivity contribution in [1.82, 2.24) is 15.1 Å². The third-order valence-corrected chi connectivity index (χ3v) is 3.70. The molecule has 0 saturated carbocycles. The third-order valence-electron chi connectivity index (χ3n) is 3.70. The number of hydrogen-bond donors (Lipinski definition) is 1. The molecule has 0 aromatic rings. The molecule has 0 spiro atoms. The van der Waals surface area contributed by atoms with Gasteiger partial charge in [-0.25, -0.2) is 0 Å². The van der Waals surface area contributed by atoms with Crippen LogP contribution >= 0.6 is 0 Å². The molecule has 7 heteroatoms. The molecule has 19 heavy (non-hydrogen) atoms. The first-order valence-electron chi connectivity index (χ1n) is 6.77. The molecular formula is C12H20F3N3O. The largest absolute Gasteiger partial charge is 0.401 e. The minimum atomic E-state index is -4.16. The molecule has 110 valence electrons. The van der Waals surface area contributed by atoms with Crippen LogP contribution in [-0.4, -0.2) is 67.2 Å². The van der Waals surface area contributed by atoms with Gasteiger partial charge in [-0.15, -0.1) is 0 Å². The fourth-order valence-corrected chi connectivity index (χ4v) is 2.66. The minimum absolute atomic E-state index is 0.0476. The van der Waals surface area contributed by atoms with E-state index in [4.69, 9.17) is 0 Å². The second-order valence-corrected chi connectivity index (χ2v) is 5.22. The van der Waals surface area contributed by atoms with Crippen LogP contribution in [0.15, 0.2) is 0 Å². The molecule has 2 aliphatic heterocycles. The summed E-state index contributed by atoms with van der Waals surface area (Å²) >= 11 is 0. The zero-order valence-corrected chi connectivity index (χ0v) is 10.9. The fourth-order valence-electron chi connectivity index (χ4n) is 2.66. The maximum atomic E-state index is 12.3. The summed E-state index contributed by atoms with van der Waals surface area (Å²) in [5.41, 5.74) is 0. The zero-order valence-electron chi connectivity index (χ0n) is 10.9. The van der Waals surface area contributed by atoms with Crippen molar-refractivity contribution in [2.45, 2.75) is 31.5 Å². The molecule has 2 saturated heterocycles. The maximum Gasteiger partial charge on any atom is 0.401 e. The number of hydrogen-bond acceptors (Lipinski definition) is 3. The van der Waals surface area contributed by atoms with Gasteiger partial charge in [-0.05, 0) is 19.4 Å². The topological polar surface area (TPSA) is 35.6 Å². The maximum absolute atomic E-state index is 12.3. The average molecular weight is 279 g/mol. The number of piperidine rings is 1. The van der Waals surface area contributed by atoms with Gasteiger partial charge in [0.15, 0.2) is 0 Å². The first kappa shape index (κ1) is 14.6. The lowest BCUT2D eigenvalue weighted by atomic mass is 10.0. The van der Waals surface area contributed by atoms with Crippen molar-refractivity contribution in [1.29, 1.82) is 0 Å². The number of piperazine rings is 1. The Morgan fingerprint density at radius 1 is 1.16 bits per heavy atom. The van der Waals surface area contributed by atoms with Crippen LogP contribution in [0.1, 0.15) is 19.3 Å². The third kappa shape index (κ3) is 4.35. The van der Waals surface area contributed by atoms with Gasteiger partial charge in [0.2, 0.25) is 5.91 Å². The lowest BCUT2D eigenvalue weighted by Crippen LogP contribution is -2.55. The van der Waals surface area contributed by atoms with Crippen LogP contribution in [0.5, 0.6) is 0 Å². The summed E-state index contributed by atoms with van der Waals surface area (Å²) in [5.74, 6) is 0.0476. The zero-order chi connectivity index (χ0) is 13.9. The van der Waals surface area contributed by atoms with E-state index in [0.29, 0.717) is 26.2 Å². The highest BCUT2D eigenvalue weighted by molar-refractivity contribution is 5.82. The van der Waals surface area contributed by atoms with Crippen LogP contribution in [0.2, 0.25) is 0 Å². The molecule has 1 amide bonds. The SMILES string of the molecule is O=C([C@@H]1CCCCN1)N1CCN(CC(F)(F)F)CC1. The van der Waals surface area contributed by atoms with E-state index in [1.807, 2.05) is 0 Å². The Balaban J connectivity index is 1.77. The van der Waals surface area contributed by atoms with Crippen LogP contribution in [0.25, 0.3) is 0 Å². The number of amides is 1. The normalized spacial score (nSPS) is 26.5. The molecule has 1 atom stereocenters. The number of rotatable bonds is 2. The van der Waals surface area contributed by atoms with Gasteiger partial charge < -0.3 is 10.2 Å². The summed E-state index contributed by atoms with van der Waals surface area (Å²) in [6.45, 7) is 1.37. The molecule has 2 rings (SSSR count). The molecule has 4 nitrogen and oxygen atoms in total. The molecule has 0 aromatic carbocycles. The van der Waals surface area contributed by atoms with E-state index in [1.165, 1.54) is 4.90 Å². The predicted octanol–water partition coefficient (Wildman–Crippen LogP) is 0.835. The highest BCUT2D eigenvalue weighted by Gasteiger charge is 2.34. The monoisotopic (exact) mass is 279 g/mol. The summed E-state index contributed by atoms with van der Waals surface area (Å²) in [7, 11) is 0. The number of carbonyl (C=O) groups is 1. The van der Waals surface area contributed by atoms with Gasteiger partial charge in [-0.3, -0.25) is 9.69 Å². The molecule has 0 aliphatic carbocycles. The molecule has 2 fully saturated rings. The van der Waals surface area contributed by atoms with E-state index >= 15 is 0 Å². The van der Waals surface area contributed by atoms with Crippen LogP contribution in [0.4, 0.5) is 13.2 Å². The second kappa shape index (κ2) is 6.09. The second-order valence-electron chi connectivity index (χ2n) is 5.22. The number of carbonyl (C=O) groups excluding carboxylic acids is 1. The van der Waals surface area contributed by atoms with Crippen molar-refractivity contribution < 1.29 is 18.0 Å². The lowest BCUT2D eigenvalue weighted by Gasteiger charge is -2.37. The van der Waals surface area contributed by atoms with Crippen molar-refractivity contribution in [3.8, 4) is 0 Å². The van der Waals surface area contributed by atoms with Gasteiger partial charge in [0.1, 0.15) is 0 Å². The number of alkyl halides is 3. The van der Waals surface area contributed by atoms with Crippen LogP contribution in [-0.2, 0) is 4.79 Å². The lowest BCUT2D eigenvalue weighted by molar-refractivity contribution is -0.152. The Bertz CT molecular complexity index is 308. The van der Waals surface area contributed by atoms with Crippen LogP contribution in [0.3, 0.4) is 0 Å². The predicted molar refractivity (Wildman–Crippen MR) is 64.7 cm³/mol. The van der Waals surface area contributed by atoms with E-state index < -0.39 is 12.7 Å². The highest BCUT2D eigenvalue weighted by atomic mass is 19.4. The standard InChI is InChI=1S/C12H20F3N3O/c13-12(14,15)9-17-5-7-18(8-6-17)11(19)10-3-1-2-4-16-10/h10,16H,1-9H2/t10-/m0/s1. The Labute approximate surface area is 110 Å². The number of nitrogens with one attached hydrogen (secondary N) is 1. The molecule has 0 bridgehead atoms. The van der Waals surface area contributed by atoms with E-state index in [0.717, 1.165) is 25.8 Å². The number of halogens is 3. The molecule has 1 N–H and O–H groups in total. The first-order valence-corrected chi connectivity index (χ1v) is 6.77. The van der Waals surface area contributed by atoms with E-state index in [9.17, 15) is 18.0 Å². The molecule has 2 heterocycles. The van der Waals surface area contributed by atoms with Crippen molar-refractivity contribution in [2.24, 2.45) is 0 Å². The van der Waals surface area contributed by atoms with Crippen LogP contribution in [0, 0.1) is 0 Å². The van der Waals surface area contributed by atoms with Gasteiger partial charge in [-0.2, -0.15) is 13.2 Å². The molecule has 2 aliphatic rings. The van der Waals surface area contributed by atoms with Crippen molar-refractivity contribution in [3.63, 3.8) is 0 Å². The quantitative estimate of drug-likeness (QED) is 0.813. The smallest absolute Gasteiger partial charge is 0.339 e. The number of nitrogens with zero attached hydrogens (tertiary/aromatic N) is 2. The van der Waals surface area contributed by atoms with Crippen LogP contribution < -0.4 is 5.32 Å². The van der Waals surface area contributed by atoms with Crippen molar-refractivity contribution >= 4 is 5.91 Å². The van der Waals surface area contributed by atoms with Crippen molar-refractivity contribution in [2.75, 3.05) is 39.3 Å². The average Bonchev–Trinajstić information content (AvgIpc) is 2.38. The van der Waals surface area contributed by atoms with Gasteiger partial charge >= 0.3 is 6.18 Å². The van der Waals surface area contributed by atoms with E-state index in [1.54, 1.807) is 4.90 Å². The minimum Gasteiger partial charge on any atom is -0.339 e. The van der Waals surface area contributed by atoms with Gasteiger partial charge in [0.25, 0.3) is 0 Å². The van der Waals surface area contributed by atoms with Gasteiger partial charge in [0, 0.05) is 26.2 Å². The van der Waals surface area contributed by atoms with Gasteiger partial charge in [0.05, 0.1) is 12.6 Å². The summed E-state index contributed by atoms with van der Waals surface area (Å²) in [6.07, 6.45) is -1.20. The van der Waals surface area contributed by atoms with Crippen molar-refractivity contribution in [3.05, 3.63) is 0 Å². The molecule has 0 aromatic heterocycles. The summed E-state index contributed by atoms with van der Waals surface area (Å²) < 4.78 is 36.8. The highest BCUT2D eigenvalue weighted by Crippen LogP contribution is 2.18. The molecule has 0 radical (unpaired) electrons. The Hall–Kier alpha value is -0.820. The Kier molecular flexibility index (Phi) is 4.67. The molecular weight excluding hydrogens is 259 g/mol. The Morgan fingerprint density at radius 3 is 2.37 bits per heavy atom. The summed E-state index contributed by atoms with van der Waals surface area (Å²) in [5, 5.41) is 3.18. The summed E-state index contributed by atoms with van der Waals surface area (Å²) in [4.78, 5) is 15.2. The Morgan fingerprint density at radius 2 is 1.84 bits per heavy atom. The van der Waals surface area contributed by atoms with Gasteiger partial charge in [-0.1, -0.05) is 6.42 Å². The fraction of sp³-hybridized carbons (Fsp3) is 0.917. The van der Waals surface area contributed by atoms with E-state index in [2.05, 4.69) is 5.32 Å². The van der Waals surface area contributed by atoms with E-state index in [-0.39, 0.29) is 11.9 Å².